The highest BCUT2D eigenvalue weighted by molar-refractivity contribution is 5.76. The third-order valence-corrected chi connectivity index (χ3v) is 15.6. The summed E-state index contributed by atoms with van der Waals surface area (Å²) >= 11 is 0. The smallest absolute Gasteiger partial charge is 0.305 e. The number of aliphatic hydroxyl groups is 2. The van der Waals surface area contributed by atoms with Gasteiger partial charge in [0.05, 0.1) is 25.4 Å². The number of carbonyl (C=O) groups is 2. The number of aliphatic hydroxyl groups excluding tert-OH is 2. The Hall–Kier alpha value is -1.92. The zero-order valence-electron chi connectivity index (χ0n) is 50.5. The molecular weight excluding hydrogens is 923 g/mol. The van der Waals surface area contributed by atoms with Crippen LogP contribution in [0.3, 0.4) is 0 Å². The molecule has 0 saturated heterocycles. The van der Waals surface area contributed by atoms with Crippen LogP contribution in [0.25, 0.3) is 0 Å². The number of carbonyl (C=O) groups excluding carboxylic acids is 2. The van der Waals surface area contributed by atoms with Gasteiger partial charge in [-0.25, -0.2) is 0 Å². The molecule has 0 rings (SSSR count). The summed E-state index contributed by atoms with van der Waals surface area (Å²) in [5.74, 6) is -0.0590. The van der Waals surface area contributed by atoms with Gasteiger partial charge in [0.15, 0.2) is 0 Å². The molecule has 75 heavy (non-hydrogen) atoms. The van der Waals surface area contributed by atoms with Gasteiger partial charge in [-0.3, -0.25) is 9.59 Å². The first-order valence-electron chi connectivity index (χ1n) is 33.8. The molecular formula is C69H131NO5. The molecule has 442 valence electrons. The topological polar surface area (TPSA) is 95.9 Å². The summed E-state index contributed by atoms with van der Waals surface area (Å²) in [6.45, 7) is 4.92. The zero-order chi connectivity index (χ0) is 54.3. The first-order valence-corrected chi connectivity index (χ1v) is 33.8. The minimum atomic E-state index is -0.847. The Morgan fingerprint density at radius 3 is 0.947 bits per heavy atom. The van der Waals surface area contributed by atoms with Crippen LogP contribution in [-0.2, 0) is 14.3 Å². The summed E-state index contributed by atoms with van der Waals surface area (Å²) in [6, 6.07) is -0.631. The molecule has 0 spiro atoms. The lowest BCUT2D eigenvalue weighted by Crippen LogP contribution is -2.45. The van der Waals surface area contributed by atoms with Crippen molar-refractivity contribution in [1.82, 2.24) is 5.32 Å². The minimum Gasteiger partial charge on any atom is -0.466 e. The average molecular weight is 1050 g/mol. The molecule has 6 nitrogen and oxygen atoms in total. The number of esters is 1. The van der Waals surface area contributed by atoms with E-state index in [-0.39, 0.29) is 18.5 Å². The van der Waals surface area contributed by atoms with Crippen molar-refractivity contribution in [3.05, 3.63) is 36.5 Å². The fourth-order valence-corrected chi connectivity index (χ4v) is 10.4. The van der Waals surface area contributed by atoms with E-state index in [1.807, 2.05) is 6.08 Å². The van der Waals surface area contributed by atoms with Gasteiger partial charge in [-0.1, -0.05) is 307 Å². The first-order chi connectivity index (χ1) is 37.0. The summed E-state index contributed by atoms with van der Waals surface area (Å²) < 4.78 is 5.50. The van der Waals surface area contributed by atoms with Crippen LogP contribution in [0, 0.1) is 0 Å². The SMILES string of the molecule is CCCCCCCC/C=C\CCCCCCCCCCCC(=O)OCCCCCCCCCCCCCC/C=C\CCCCCCCCCCC(=O)NC(CO)C(O)/C=C/CCCCCCCCCCCCCCC. The van der Waals surface area contributed by atoms with Gasteiger partial charge >= 0.3 is 5.97 Å². The van der Waals surface area contributed by atoms with Gasteiger partial charge in [-0.15, -0.1) is 0 Å². The van der Waals surface area contributed by atoms with Crippen LogP contribution in [0.2, 0.25) is 0 Å². The third-order valence-electron chi connectivity index (χ3n) is 15.6. The van der Waals surface area contributed by atoms with Crippen molar-refractivity contribution < 1.29 is 24.5 Å². The van der Waals surface area contributed by atoms with Crippen molar-refractivity contribution in [3.63, 3.8) is 0 Å². The molecule has 0 aromatic rings. The van der Waals surface area contributed by atoms with Crippen LogP contribution in [0.5, 0.6) is 0 Å². The second-order valence-corrected chi connectivity index (χ2v) is 23.1. The first kappa shape index (κ1) is 73.1. The second kappa shape index (κ2) is 64.6. The molecule has 0 bridgehead atoms. The van der Waals surface area contributed by atoms with Gasteiger partial charge in [0.2, 0.25) is 5.91 Å². The molecule has 0 aromatic carbocycles. The Bertz CT molecular complexity index is 1210. The molecule has 6 heteroatoms. The average Bonchev–Trinajstić information content (AvgIpc) is 3.41. The van der Waals surface area contributed by atoms with Gasteiger partial charge in [0, 0.05) is 12.8 Å². The fourth-order valence-electron chi connectivity index (χ4n) is 10.4. The van der Waals surface area contributed by atoms with E-state index in [9.17, 15) is 19.8 Å². The van der Waals surface area contributed by atoms with Crippen LogP contribution in [0.4, 0.5) is 0 Å². The number of allylic oxidation sites excluding steroid dienone is 5. The largest absolute Gasteiger partial charge is 0.466 e. The van der Waals surface area contributed by atoms with Crippen molar-refractivity contribution in [2.75, 3.05) is 13.2 Å². The molecule has 2 unspecified atom stereocenters. The summed E-state index contributed by atoms with van der Waals surface area (Å²) in [5.41, 5.74) is 0. The Morgan fingerprint density at radius 1 is 0.360 bits per heavy atom. The quantitative estimate of drug-likeness (QED) is 0.0320. The highest BCUT2D eigenvalue weighted by Gasteiger charge is 2.18. The van der Waals surface area contributed by atoms with E-state index in [4.69, 9.17) is 4.74 Å². The van der Waals surface area contributed by atoms with Crippen LogP contribution in [0.1, 0.15) is 367 Å². The van der Waals surface area contributed by atoms with E-state index in [2.05, 4.69) is 43.5 Å². The normalized spacial score (nSPS) is 12.7. The fraction of sp³-hybridized carbons (Fsp3) is 0.884. The van der Waals surface area contributed by atoms with Crippen molar-refractivity contribution in [2.45, 2.75) is 379 Å². The van der Waals surface area contributed by atoms with Crippen LogP contribution in [-0.4, -0.2) is 47.4 Å². The van der Waals surface area contributed by atoms with Crippen LogP contribution < -0.4 is 5.32 Å². The molecule has 0 aliphatic carbocycles. The molecule has 0 aliphatic heterocycles. The molecule has 2 atom stereocenters. The maximum absolute atomic E-state index is 12.5. The Balaban J connectivity index is 3.40. The minimum absolute atomic E-state index is 0.0119. The van der Waals surface area contributed by atoms with E-state index in [0.717, 1.165) is 44.9 Å². The zero-order valence-corrected chi connectivity index (χ0v) is 50.5. The molecule has 3 N–H and O–H groups in total. The van der Waals surface area contributed by atoms with E-state index in [0.29, 0.717) is 19.4 Å². The van der Waals surface area contributed by atoms with Gasteiger partial charge in [0.25, 0.3) is 0 Å². The molecule has 0 saturated carbocycles. The highest BCUT2D eigenvalue weighted by atomic mass is 16.5. The van der Waals surface area contributed by atoms with E-state index in [1.54, 1.807) is 6.08 Å². The van der Waals surface area contributed by atoms with E-state index >= 15 is 0 Å². The molecule has 1 amide bonds. The van der Waals surface area contributed by atoms with E-state index < -0.39 is 12.1 Å². The maximum Gasteiger partial charge on any atom is 0.305 e. The van der Waals surface area contributed by atoms with Crippen molar-refractivity contribution in [3.8, 4) is 0 Å². The third kappa shape index (κ3) is 61.2. The summed E-state index contributed by atoms with van der Waals surface area (Å²) in [6.07, 6.45) is 82.0. The monoisotopic (exact) mass is 1050 g/mol. The number of unbranched alkanes of at least 4 members (excludes halogenated alkanes) is 48. The lowest BCUT2D eigenvalue weighted by atomic mass is 10.0. The Morgan fingerprint density at radius 2 is 0.627 bits per heavy atom. The van der Waals surface area contributed by atoms with E-state index in [1.165, 1.54) is 295 Å². The Labute approximate surface area is 468 Å². The van der Waals surface area contributed by atoms with Crippen molar-refractivity contribution in [2.24, 2.45) is 0 Å². The summed E-state index contributed by atoms with van der Waals surface area (Å²) in [5, 5.41) is 23.1. The van der Waals surface area contributed by atoms with Crippen LogP contribution in [0.15, 0.2) is 36.5 Å². The van der Waals surface area contributed by atoms with Gasteiger partial charge in [-0.2, -0.15) is 0 Å². The lowest BCUT2D eigenvalue weighted by molar-refractivity contribution is -0.143. The predicted octanol–water partition coefficient (Wildman–Crippen LogP) is 21.5. The summed E-state index contributed by atoms with van der Waals surface area (Å²) in [7, 11) is 0. The second-order valence-electron chi connectivity index (χ2n) is 23.1. The molecule has 0 heterocycles. The molecule has 0 aromatic heterocycles. The van der Waals surface area contributed by atoms with Crippen molar-refractivity contribution >= 4 is 11.9 Å². The number of ether oxygens (including phenoxy) is 1. The summed E-state index contributed by atoms with van der Waals surface area (Å²) in [4.78, 5) is 24.6. The van der Waals surface area contributed by atoms with Crippen molar-refractivity contribution in [1.29, 1.82) is 0 Å². The number of hydrogen-bond acceptors (Lipinski definition) is 5. The standard InChI is InChI=1S/C69H131NO5/c1-3-5-7-9-11-13-15-17-19-20-27-31-35-39-43-47-51-55-59-63-69(74)75-64-60-56-52-48-44-40-36-32-29-26-24-22-21-23-25-28-30-34-38-42-46-50-54-58-62-68(73)70-66(65-71)67(72)61-57-53-49-45-41-37-33-18-16-14-12-10-8-6-4-2/h17,19,23,25,57,61,66-67,71-72H,3-16,18,20-22,24,26-56,58-60,62-65H2,1-2H3,(H,70,73)/b19-17-,25-23-,61-57+. The highest BCUT2D eigenvalue weighted by Crippen LogP contribution is 2.17. The lowest BCUT2D eigenvalue weighted by Gasteiger charge is -2.20. The molecule has 0 fully saturated rings. The van der Waals surface area contributed by atoms with Crippen LogP contribution >= 0.6 is 0 Å². The number of hydrogen-bond donors (Lipinski definition) is 3. The Kier molecular flexibility index (Phi) is 63.0. The molecule has 0 aliphatic rings. The maximum atomic E-state index is 12.5. The number of rotatable bonds is 63. The van der Waals surface area contributed by atoms with Gasteiger partial charge < -0.3 is 20.3 Å². The molecule has 0 radical (unpaired) electrons. The number of amides is 1. The number of nitrogens with one attached hydrogen (secondary N) is 1. The van der Waals surface area contributed by atoms with Gasteiger partial charge in [0.1, 0.15) is 0 Å². The predicted molar refractivity (Wildman–Crippen MR) is 329 cm³/mol. The van der Waals surface area contributed by atoms with Gasteiger partial charge in [-0.05, 0) is 83.5 Å².